The molecular formula is C16H27N5O. The standard InChI is InChI=1S/C16H27N5O/c1-12(2)20-16(17-4)19-10-14-5-6-15(18-9-14)21-7-8-22-13(3)11-21/h5-6,9,12-13H,7-8,10-11H2,1-4H3,(H2,17,19,20). The van der Waals surface area contributed by atoms with Crippen LogP contribution in [-0.4, -0.2) is 49.8 Å². The number of nitrogens with zero attached hydrogens (tertiary/aromatic N) is 3. The van der Waals surface area contributed by atoms with E-state index in [1.165, 1.54) is 0 Å². The lowest BCUT2D eigenvalue weighted by molar-refractivity contribution is 0.0529. The summed E-state index contributed by atoms with van der Waals surface area (Å²) in [6.07, 6.45) is 2.19. The van der Waals surface area contributed by atoms with Gasteiger partial charge in [0, 0.05) is 38.9 Å². The summed E-state index contributed by atoms with van der Waals surface area (Å²) in [5.41, 5.74) is 1.14. The zero-order valence-electron chi connectivity index (χ0n) is 14.0. The Labute approximate surface area is 133 Å². The van der Waals surface area contributed by atoms with Gasteiger partial charge in [-0.3, -0.25) is 4.99 Å². The van der Waals surface area contributed by atoms with Gasteiger partial charge in [0.05, 0.1) is 12.7 Å². The van der Waals surface area contributed by atoms with Crippen LogP contribution in [0, 0.1) is 0 Å². The van der Waals surface area contributed by atoms with E-state index >= 15 is 0 Å². The van der Waals surface area contributed by atoms with Gasteiger partial charge in [-0.1, -0.05) is 6.07 Å². The number of morpholine rings is 1. The molecule has 22 heavy (non-hydrogen) atoms. The zero-order valence-corrected chi connectivity index (χ0v) is 14.0. The normalized spacial score (nSPS) is 19.4. The minimum Gasteiger partial charge on any atom is -0.375 e. The summed E-state index contributed by atoms with van der Waals surface area (Å²) in [5.74, 6) is 1.82. The summed E-state index contributed by atoms with van der Waals surface area (Å²) in [5, 5.41) is 6.55. The Balaban J connectivity index is 1.89. The molecule has 1 aliphatic heterocycles. The highest BCUT2D eigenvalue weighted by molar-refractivity contribution is 5.79. The maximum absolute atomic E-state index is 5.56. The highest BCUT2D eigenvalue weighted by Crippen LogP contribution is 2.15. The van der Waals surface area contributed by atoms with E-state index in [0.717, 1.165) is 37.0 Å². The van der Waals surface area contributed by atoms with Crippen LogP contribution in [0.3, 0.4) is 0 Å². The first-order chi connectivity index (χ1) is 10.6. The molecule has 0 aromatic carbocycles. The van der Waals surface area contributed by atoms with Crippen LogP contribution in [0.25, 0.3) is 0 Å². The minimum atomic E-state index is 0.266. The second-order valence-electron chi connectivity index (χ2n) is 5.88. The van der Waals surface area contributed by atoms with E-state index in [2.05, 4.69) is 58.4 Å². The van der Waals surface area contributed by atoms with Crippen LogP contribution in [0.5, 0.6) is 0 Å². The van der Waals surface area contributed by atoms with Gasteiger partial charge in [0.15, 0.2) is 5.96 Å². The first kappa shape index (κ1) is 16.5. The highest BCUT2D eigenvalue weighted by atomic mass is 16.5. The van der Waals surface area contributed by atoms with E-state index in [-0.39, 0.29) is 6.10 Å². The number of aliphatic imine (C=N–C) groups is 1. The van der Waals surface area contributed by atoms with Crippen molar-refractivity contribution in [2.75, 3.05) is 31.6 Å². The van der Waals surface area contributed by atoms with E-state index in [9.17, 15) is 0 Å². The lowest BCUT2D eigenvalue weighted by atomic mass is 10.2. The molecule has 122 valence electrons. The van der Waals surface area contributed by atoms with Crippen molar-refractivity contribution in [3.8, 4) is 0 Å². The van der Waals surface area contributed by atoms with Crippen molar-refractivity contribution in [3.05, 3.63) is 23.9 Å². The molecule has 0 bridgehead atoms. The van der Waals surface area contributed by atoms with Crippen molar-refractivity contribution in [1.82, 2.24) is 15.6 Å². The number of hydrogen-bond acceptors (Lipinski definition) is 4. The number of hydrogen-bond donors (Lipinski definition) is 2. The molecule has 0 saturated carbocycles. The third-order valence-electron chi connectivity index (χ3n) is 3.48. The maximum Gasteiger partial charge on any atom is 0.191 e. The van der Waals surface area contributed by atoms with Gasteiger partial charge < -0.3 is 20.3 Å². The third kappa shape index (κ3) is 4.87. The lowest BCUT2D eigenvalue weighted by Gasteiger charge is -2.32. The molecular weight excluding hydrogens is 278 g/mol. The summed E-state index contributed by atoms with van der Waals surface area (Å²) in [4.78, 5) is 11.0. The number of pyridine rings is 1. The van der Waals surface area contributed by atoms with E-state index in [4.69, 9.17) is 4.74 Å². The van der Waals surface area contributed by atoms with Gasteiger partial charge in [-0.25, -0.2) is 4.98 Å². The molecule has 2 N–H and O–H groups in total. The summed E-state index contributed by atoms with van der Waals surface area (Å²) in [6.45, 7) is 9.55. The molecule has 1 fully saturated rings. The van der Waals surface area contributed by atoms with Crippen LogP contribution in [0.1, 0.15) is 26.3 Å². The van der Waals surface area contributed by atoms with E-state index in [1.807, 2.05) is 6.20 Å². The summed E-state index contributed by atoms with van der Waals surface area (Å²) in [7, 11) is 1.78. The Hall–Kier alpha value is -1.82. The van der Waals surface area contributed by atoms with Gasteiger partial charge in [-0.05, 0) is 32.4 Å². The van der Waals surface area contributed by atoms with Gasteiger partial charge in [0.25, 0.3) is 0 Å². The second-order valence-corrected chi connectivity index (χ2v) is 5.88. The molecule has 1 saturated heterocycles. The van der Waals surface area contributed by atoms with Crippen LogP contribution in [-0.2, 0) is 11.3 Å². The molecule has 1 aromatic heterocycles. The Morgan fingerprint density at radius 1 is 1.50 bits per heavy atom. The topological polar surface area (TPSA) is 61.8 Å². The molecule has 1 unspecified atom stereocenters. The Kier molecular flexibility index (Phi) is 6.00. The maximum atomic E-state index is 5.56. The second kappa shape index (κ2) is 7.98. The zero-order chi connectivity index (χ0) is 15.9. The van der Waals surface area contributed by atoms with Crippen molar-refractivity contribution in [2.45, 2.75) is 39.5 Å². The number of nitrogens with one attached hydrogen (secondary N) is 2. The van der Waals surface area contributed by atoms with Gasteiger partial charge >= 0.3 is 0 Å². The molecule has 2 rings (SSSR count). The summed E-state index contributed by atoms with van der Waals surface area (Å²) < 4.78 is 5.56. The molecule has 6 heteroatoms. The molecule has 1 aliphatic rings. The first-order valence-electron chi connectivity index (χ1n) is 7.87. The van der Waals surface area contributed by atoms with Crippen molar-refractivity contribution in [3.63, 3.8) is 0 Å². The fourth-order valence-corrected chi connectivity index (χ4v) is 2.39. The molecule has 0 radical (unpaired) electrons. The number of ether oxygens (including phenoxy) is 1. The van der Waals surface area contributed by atoms with Gasteiger partial charge in [0.1, 0.15) is 5.82 Å². The minimum absolute atomic E-state index is 0.266. The first-order valence-corrected chi connectivity index (χ1v) is 7.87. The lowest BCUT2D eigenvalue weighted by Crippen LogP contribution is -2.41. The Morgan fingerprint density at radius 2 is 2.32 bits per heavy atom. The average molecular weight is 305 g/mol. The smallest absolute Gasteiger partial charge is 0.191 e. The van der Waals surface area contributed by atoms with Crippen molar-refractivity contribution in [1.29, 1.82) is 0 Å². The third-order valence-corrected chi connectivity index (χ3v) is 3.48. The summed E-state index contributed by atoms with van der Waals surface area (Å²) >= 11 is 0. The fraction of sp³-hybridized carbons (Fsp3) is 0.625. The highest BCUT2D eigenvalue weighted by Gasteiger charge is 2.17. The van der Waals surface area contributed by atoms with Crippen molar-refractivity contribution >= 4 is 11.8 Å². The van der Waals surface area contributed by atoms with Crippen LogP contribution >= 0.6 is 0 Å². The number of rotatable bonds is 4. The molecule has 1 atom stereocenters. The van der Waals surface area contributed by atoms with Crippen molar-refractivity contribution < 1.29 is 4.74 Å². The van der Waals surface area contributed by atoms with Gasteiger partial charge in [-0.15, -0.1) is 0 Å². The summed E-state index contributed by atoms with van der Waals surface area (Å²) in [6, 6.07) is 4.54. The van der Waals surface area contributed by atoms with Crippen LogP contribution in [0.4, 0.5) is 5.82 Å². The molecule has 0 aliphatic carbocycles. The fourth-order valence-electron chi connectivity index (χ4n) is 2.39. The quantitative estimate of drug-likeness (QED) is 0.650. The number of aromatic nitrogens is 1. The Bertz CT molecular complexity index is 486. The number of guanidine groups is 1. The SMILES string of the molecule is CN=C(NCc1ccc(N2CCOC(C)C2)nc1)NC(C)C. The monoisotopic (exact) mass is 305 g/mol. The van der Waals surface area contributed by atoms with Crippen LogP contribution < -0.4 is 15.5 Å². The molecule has 0 spiro atoms. The predicted octanol–water partition coefficient (Wildman–Crippen LogP) is 1.38. The molecule has 0 amide bonds. The molecule has 2 heterocycles. The van der Waals surface area contributed by atoms with Gasteiger partial charge in [0.2, 0.25) is 0 Å². The van der Waals surface area contributed by atoms with Crippen molar-refractivity contribution in [2.24, 2.45) is 4.99 Å². The molecule has 1 aromatic rings. The van der Waals surface area contributed by atoms with Gasteiger partial charge in [-0.2, -0.15) is 0 Å². The van der Waals surface area contributed by atoms with E-state index < -0.39 is 0 Å². The predicted molar refractivity (Wildman–Crippen MR) is 90.3 cm³/mol. The van der Waals surface area contributed by atoms with Crippen LogP contribution in [0.15, 0.2) is 23.3 Å². The largest absolute Gasteiger partial charge is 0.375 e. The van der Waals surface area contributed by atoms with E-state index in [0.29, 0.717) is 12.6 Å². The number of anilines is 1. The van der Waals surface area contributed by atoms with Crippen LogP contribution in [0.2, 0.25) is 0 Å². The Morgan fingerprint density at radius 3 is 2.91 bits per heavy atom. The average Bonchev–Trinajstić information content (AvgIpc) is 2.51. The van der Waals surface area contributed by atoms with E-state index in [1.54, 1.807) is 7.05 Å². The molecule has 6 nitrogen and oxygen atoms in total.